The monoisotopic (exact) mass is 371 g/mol. The van der Waals surface area contributed by atoms with Crippen molar-refractivity contribution in [3.63, 3.8) is 0 Å². The highest BCUT2D eigenvalue weighted by molar-refractivity contribution is 6.07. The van der Waals surface area contributed by atoms with E-state index in [0.717, 1.165) is 11.4 Å². The number of nitrogens with one attached hydrogen (secondary N) is 1. The number of likely N-dealkylation sites (tertiary alicyclic amines) is 1. The molecule has 27 heavy (non-hydrogen) atoms. The van der Waals surface area contributed by atoms with Gasteiger partial charge in [-0.2, -0.15) is 0 Å². The number of ether oxygens (including phenoxy) is 1. The van der Waals surface area contributed by atoms with Crippen molar-refractivity contribution in [2.75, 3.05) is 45.7 Å². The highest BCUT2D eigenvalue weighted by Crippen LogP contribution is 2.34. The molecule has 1 fully saturated rings. The molecule has 4 rings (SSSR count). The van der Waals surface area contributed by atoms with Crippen LogP contribution in [0.4, 0.5) is 5.69 Å². The van der Waals surface area contributed by atoms with Crippen LogP contribution in [0.3, 0.4) is 0 Å². The average molecular weight is 371 g/mol. The van der Waals surface area contributed by atoms with E-state index in [4.69, 9.17) is 4.74 Å². The van der Waals surface area contributed by atoms with Gasteiger partial charge in [0.2, 0.25) is 5.96 Å². The molecule has 0 saturated carbocycles. The van der Waals surface area contributed by atoms with Gasteiger partial charge in [0.15, 0.2) is 6.10 Å². The molecule has 1 aromatic rings. The molecule has 3 heterocycles. The minimum absolute atomic E-state index is 0.0265. The van der Waals surface area contributed by atoms with Gasteiger partial charge in [0, 0.05) is 34.2 Å². The Hall–Kier alpha value is -2.77. The van der Waals surface area contributed by atoms with Crippen LogP contribution in [0.5, 0.6) is 5.75 Å². The zero-order valence-electron chi connectivity index (χ0n) is 15.9. The van der Waals surface area contributed by atoms with Gasteiger partial charge in [-0.3, -0.25) is 14.9 Å². The Labute approximate surface area is 158 Å². The van der Waals surface area contributed by atoms with Crippen molar-refractivity contribution in [2.24, 2.45) is 4.99 Å². The van der Waals surface area contributed by atoms with Gasteiger partial charge in [0.25, 0.3) is 11.8 Å². The summed E-state index contributed by atoms with van der Waals surface area (Å²) < 4.78 is 5.96. The second-order valence-corrected chi connectivity index (χ2v) is 7.60. The quantitative estimate of drug-likeness (QED) is 0.768. The molecule has 1 atom stereocenters. The average Bonchev–Trinajstić information content (AvgIpc) is 2.98. The first kappa shape index (κ1) is 17.6. The third kappa shape index (κ3) is 2.98. The molecule has 0 bridgehead atoms. The van der Waals surface area contributed by atoms with Gasteiger partial charge in [-0.05, 0) is 25.0 Å². The Morgan fingerprint density at radius 1 is 1.30 bits per heavy atom. The number of carbonyl (C=O) groups excluding carboxylic acids is 2. The van der Waals surface area contributed by atoms with E-state index >= 15 is 0 Å². The SMILES string of the molecule is CN(C)C1=NC2(CCN(C(=O)[C@@H]3CN(C)c4ccccc4O3)CC2)C(=O)N1. The number of hydrogen-bond acceptors (Lipinski definition) is 6. The van der Waals surface area contributed by atoms with Gasteiger partial charge < -0.3 is 19.4 Å². The summed E-state index contributed by atoms with van der Waals surface area (Å²) in [5.74, 6) is 1.23. The summed E-state index contributed by atoms with van der Waals surface area (Å²) in [7, 11) is 5.67. The molecule has 1 spiro atoms. The van der Waals surface area contributed by atoms with Gasteiger partial charge in [-0.15, -0.1) is 0 Å². The number of nitrogens with zero attached hydrogens (tertiary/aromatic N) is 4. The van der Waals surface area contributed by atoms with Crippen molar-refractivity contribution in [3.8, 4) is 5.75 Å². The standard InChI is InChI=1S/C19H25N5O3/c1-22(2)18-20-17(26)19(21-18)8-10-24(11-9-19)16(25)15-12-23(3)13-6-4-5-7-14(13)27-15/h4-7,15H,8-12H2,1-3H3,(H,20,21,26)/t15-/m0/s1. The number of piperidine rings is 1. The van der Waals surface area contributed by atoms with Crippen LogP contribution in [-0.2, 0) is 9.59 Å². The van der Waals surface area contributed by atoms with Gasteiger partial charge in [0.05, 0.1) is 12.2 Å². The van der Waals surface area contributed by atoms with Gasteiger partial charge in [0.1, 0.15) is 11.3 Å². The topological polar surface area (TPSA) is 77.5 Å². The van der Waals surface area contributed by atoms with Gasteiger partial charge in [-0.1, -0.05) is 12.1 Å². The predicted molar refractivity (Wildman–Crippen MR) is 102 cm³/mol. The van der Waals surface area contributed by atoms with Crippen molar-refractivity contribution in [2.45, 2.75) is 24.5 Å². The lowest BCUT2D eigenvalue weighted by Gasteiger charge is -2.39. The molecular weight excluding hydrogens is 346 g/mol. The maximum atomic E-state index is 13.0. The normalized spacial score (nSPS) is 23.4. The van der Waals surface area contributed by atoms with Crippen molar-refractivity contribution in [1.29, 1.82) is 0 Å². The van der Waals surface area contributed by atoms with Crippen LogP contribution in [0.25, 0.3) is 0 Å². The molecule has 144 valence electrons. The van der Waals surface area contributed by atoms with Crippen LogP contribution >= 0.6 is 0 Å². The summed E-state index contributed by atoms with van der Waals surface area (Å²) in [6.07, 6.45) is 0.527. The number of likely N-dealkylation sites (N-methyl/N-ethyl adjacent to an activating group) is 1. The molecule has 0 aromatic heterocycles. The third-order valence-electron chi connectivity index (χ3n) is 5.55. The number of carbonyl (C=O) groups is 2. The number of hydrogen-bond donors (Lipinski definition) is 1. The number of rotatable bonds is 1. The van der Waals surface area contributed by atoms with Crippen molar-refractivity contribution < 1.29 is 14.3 Å². The molecule has 1 saturated heterocycles. The van der Waals surface area contributed by atoms with Gasteiger partial charge >= 0.3 is 0 Å². The number of anilines is 1. The van der Waals surface area contributed by atoms with Gasteiger partial charge in [-0.25, -0.2) is 4.99 Å². The highest BCUT2D eigenvalue weighted by atomic mass is 16.5. The van der Waals surface area contributed by atoms with E-state index in [1.54, 1.807) is 9.80 Å². The molecule has 1 N–H and O–H groups in total. The lowest BCUT2D eigenvalue weighted by molar-refractivity contribution is -0.141. The summed E-state index contributed by atoms with van der Waals surface area (Å²) >= 11 is 0. The predicted octanol–water partition coefficient (Wildman–Crippen LogP) is 0.292. The lowest BCUT2D eigenvalue weighted by Crippen LogP contribution is -2.55. The van der Waals surface area contributed by atoms with E-state index in [2.05, 4.69) is 10.3 Å². The second kappa shape index (κ2) is 6.44. The van der Waals surface area contributed by atoms with E-state index in [0.29, 0.717) is 38.4 Å². The van der Waals surface area contributed by atoms with E-state index in [9.17, 15) is 9.59 Å². The first-order valence-corrected chi connectivity index (χ1v) is 9.24. The Morgan fingerprint density at radius 3 is 2.67 bits per heavy atom. The summed E-state index contributed by atoms with van der Waals surface area (Å²) in [4.78, 5) is 35.7. The summed E-state index contributed by atoms with van der Waals surface area (Å²) in [5, 5.41) is 2.84. The van der Waals surface area contributed by atoms with Crippen LogP contribution in [0.15, 0.2) is 29.3 Å². The minimum atomic E-state index is -0.743. The van der Waals surface area contributed by atoms with Crippen LogP contribution in [0.1, 0.15) is 12.8 Å². The molecule has 0 radical (unpaired) electrons. The van der Waals surface area contributed by atoms with E-state index in [-0.39, 0.29) is 11.8 Å². The number of para-hydroxylation sites is 2. The maximum Gasteiger partial charge on any atom is 0.265 e. The lowest BCUT2D eigenvalue weighted by atomic mass is 9.88. The molecule has 8 heteroatoms. The van der Waals surface area contributed by atoms with Crippen LogP contribution < -0.4 is 15.0 Å². The van der Waals surface area contributed by atoms with Crippen LogP contribution in [0.2, 0.25) is 0 Å². The molecule has 0 aliphatic carbocycles. The zero-order chi connectivity index (χ0) is 19.2. The molecule has 2 amide bonds. The Balaban J connectivity index is 1.43. The van der Waals surface area contributed by atoms with Crippen molar-refractivity contribution >= 4 is 23.5 Å². The van der Waals surface area contributed by atoms with E-state index in [1.807, 2.05) is 50.3 Å². The molecular formula is C19H25N5O3. The van der Waals surface area contributed by atoms with Crippen LogP contribution in [-0.4, -0.2) is 80.0 Å². The van der Waals surface area contributed by atoms with Crippen LogP contribution in [0, 0.1) is 0 Å². The van der Waals surface area contributed by atoms with Crippen molar-refractivity contribution in [3.05, 3.63) is 24.3 Å². The summed E-state index contributed by atoms with van der Waals surface area (Å²) in [5.41, 5.74) is 0.250. The molecule has 0 unspecified atom stereocenters. The van der Waals surface area contributed by atoms with E-state index < -0.39 is 11.6 Å². The highest BCUT2D eigenvalue weighted by Gasteiger charge is 2.47. The maximum absolute atomic E-state index is 13.0. The number of guanidine groups is 1. The summed E-state index contributed by atoms with van der Waals surface area (Å²) in [6.45, 7) is 1.52. The first-order chi connectivity index (χ1) is 12.9. The first-order valence-electron chi connectivity index (χ1n) is 9.24. The molecule has 3 aliphatic rings. The molecule has 3 aliphatic heterocycles. The second-order valence-electron chi connectivity index (χ2n) is 7.60. The Morgan fingerprint density at radius 2 is 2.00 bits per heavy atom. The Bertz CT molecular complexity index is 798. The smallest absolute Gasteiger partial charge is 0.265 e. The largest absolute Gasteiger partial charge is 0.477 e. The number of benzene rings is 1. The van der Waals surface area contributed by atoms with Crippen molar-refractivity contribution in [1.82, 2.24) is 15.1 Å². The fourth-order valence-corrected chi connectivity index (χ4v) is 3.89. The fraction of sp³-hybridized carbons (Fsp3) is 0.526. The minimum Gasteiger partial charge on any atom is -0.477 e. The van der Waals surface area contributed by atoms with E-state index in [1.165, 1.54) is 0 Å². The number of amides is 2. The zero-order valence-corrected chi connectivity index (χ0v) is 15.9. The molecule has 1 aromatic carbocycles. The summed E-state index contributed by atoms with van der Waals surface area (Å²) in [6, 6.07) is 7.74. The number of aliphatic imine (C=N–C) groups is 1. The number of fused-ring (bicyclic) bond motifs is 1. The fourth-order valence-electron chi connectivity index (χ4n) is 3.89. The third-order valence-corrected chi connectivity index (χ3v) is 5.55. The molecule has 8 nitrogen and oxygen atoms in total. The Kier molecular flexibility index (Phi) is 4.20.